The number of benzene rings is 2. The molecule has 0 aliphatic rings. The van der Waals surface area contributed by atoms with E-state index in [0.717, 1.165) is 24.7 Å². The molecule has 0 saturated carbocycles. The molecule has 0 aliphatic carbocycles. The number of nitrogens with zero attached hydrogens (tertiary/aromatic N) is 1. The topological polar surface area (TPSA) is 53.5 Å². The molecule has 1 amide bonds. The summed E-state index contributed by atoms with van der Waals surface area (Å²) in [7, 11) is 0. The Hall–Kier alpha value is -1.44. The molecule has 2 aromatic rings. The van der Waals surface area contributed by atoms with Gasteiger partial charge in [0, 0.05) is 19.6 Å². The maximum Gasteiger partial charge on any atom is 0.259 e. The quantitative estimate of drug-likeness (QED) is 0.315. The molecule has 7 heteroatoms. The molecule has 124 valence electrons. The number of rotatable bonds is 6. The van der Waals surface area contributed by atoms with Crippen molar-refractivity contribution in [2.24, 2.45) is 5.10 Å². The van der Waals surface area contributed by atoms with E-state index >= 15 is 0 Å². The largest absolute Gasteiger partial charge is 0.375 e. The normalized spacial score (nSPS) is 11.1. The van der Waals surface area contributed by atoms with Crippen LogP contribution in [0.5, 0.6) is 0 Å². The highest BCUT2D eigenvalue weighted by atomic mass is 79.9. The fourth-order valence-corrected chi connectivity index (χ4v) is 3.22. The lowest BCUT2D eigenvalue weighted by atomic mass is 10.2. The molecule has 0 bridgehead atoms. The molecule has 2 rings (SSSR count). The second-order valence-electron chi connectivity index (χ2n) is 4.68. The SMILES string of the molecule is O=C(CNc1cc(Br)c(Br)cc1Br)NN=CC=Cc1ccccc1. The third-order valence-electron chi connectivity index (χ3n) is 2.89. The van der Waals surface area contributed by atoms with E-state index in [1.165, 1.54) is 6.21 Å². The van der Waals surface area contributed by atoms with E-state index in [-0.39, 0.29) is 12.5 Å². The first kappa shape index (κ1) is 18.9. The van der Waals surface area contributed by atoms with E-state index in [0.29, 0.717) is 0 Å². The number of hydrogen-bond donors (Lipinski definition) is 2. The van der Waals surface area contributed by atoms with Gasteiger partial charge in [0.2, 0.25) is 0 Å². The van der Waals surface area contributed by atoms with Crippen molar-refractivity contribution in [2.45, 2.75) is 0 Å². The lowest BCUT2D eigenvalue weighted by molar-refractivity contribution is -0.119. The zero-order valence-electron chi connectivity index (χ0n) is 12.5. The van der Waals surface area contributed by atoms with Gasteiger partial charge >= 0.3 is 0 Å². The van der Waals surface area contributed by atoms with Gasteiger partial charge in [-0.1, -0.05) is 36.4 Å². The zero-order valence-corrected chi connectivity index (χ0v) is 17.2. The zero-order chi connectivity index (χ0) is 17.4. The Bertz CT molecular complexity index is 761. The summed E-state index contributed by atoms with van der Waals surface area (Å²) in [6.45, 7) is 0.117. The summed E-state index contributed by atoms with van der Waals surface area (Å²) in [5, 5.41) is 6.92. The van der Waals surface area contributed by atoms with E-state index in [4.69, 9.17) is 0 Å². The monoisotopic (exact) mass is 513 g/mol. The molecule has 2 aromatic carbocycles. The molecule has 0 heterocycles. The van der Waals surface area contributed by atoms with Crippen LogP contribution in [-0.2, 0) is 4.79 Å². The summed E-state index contributed by atoms with van der Waals surface area (Å²) in [4.78, 5) is 11.8. The molecule has 0 saturated heterocycles. The molecular weight excluding hydrogens is 502 g/mol. The fraction of sp³-hybridized carbons (Fsp3) is 0.0588. The maximum atomic E-state index is 11.8. The Morgan fingerprint density at radius 1 is 1.04 bits per heavy atom. The number of hydrazone groups is 1. The molecule has 0 atom stereocenters. The first-order chi connectivity index (χ1) is 11.6. The van der Waals surface area contributed by atoms with Gasteiger partial charge in [0.1, 0.15) is 0 Å². The molecule has 24 heavy (non-hydrogen) atoms. The van der Waals surface area contributed by atoms with Gasteiger partial charge in [-0.25, -0.2) is 5.43 Å². The van der Waals surface area contributed by atoms with Crippen molar-refractivity contribution >= 4 is 71.7 Å². The number of amides is 1. The molecular formula is C17H14Br3N3O. The van der Waals surface area contributed by atoms with Crippen LogP contribution in [0.15, 0.2) is 67.1 Å². The van der Waals surface area contributed by atoms with E-state index in [1.54, 1.807) is 6.08 Å². The fourth-order valence-electron chi connectivity index (χ4n) is 1.74. The van der Waals surface area contributed by atoms with Crippen molar-refractivity contribution in [3.63, 3.8) is 0 Å². The molecule has 0 unspecified atom stereocenters. The first-order valence-corrected chi connectivity index (χ1v) is 9.36. The van der Waals surface area contributed by atoms with Gasteiger partial charge in [-0.2, -0.15) is 5.10 Å². The van der Waals surface area contributed by atoms with Crippen LogP contribution in [0.25, 0.3) is 6.08 Å². The Morgan fingerprint density at radius 2 is 1.75 bits per heavy atom. The highest BCUT2D eigenvalue weighted by molar-refractivity contribution is 9.13. The third kappa shape index (κ3) is 6.22. The maximum absolute atomic E-state index is 11.8. The minimum Gasteiger partial charge on any atom is -0.375 e. The van der Waals surface area contributed by atoms with Crippen LogP contribution in [0.1, 0.15) is 5.56 Å². The van der Waals surface area contributed by atoms with Crippen molar-refractivity contribution in [2.75, 3.05) is 11.9 Å². The Balaban J connectivity index is 1.78. The summed E-state index contributed by atoms with van der Waals surface area (Å²) in [5.41, 5.74) is 4.35. The minimum absolute atomic E-state index is 0.117. The summed E-state index contributed by atoms with van der Waals surface area (Å²) in [6, 6.07) is 13.6. The van der Waals surface area contributed by atoms with Crippen molar-refractivity contribution in [1.29, 1.82) is 0 Å². The van der Waals surface area contributed by atoms with E-state index < -0.39 is 0 Å². The van der Waals surface area contributed by atoms with Gasteiger partial charge in [0.25, 0.3) is 5.91 Å². The molecule has 0 fully saturated rings. The molecule has 2 N–H and O–H groups in total. The van der Waals surface area contributed by atoms with Crippen LogP contribution < -0.4 is 10.7 Å². The number of allylic oxidation sites excluding steroid dienone is 1. The van der Waals surface area contributed by atoms with E-state index in [9.17, 15) is 4.79 Å². The van der Waals surface area contributed by atoms with Crippen LogP contribution in [-0.4, -0.2) is 18.7 Å². The molecule has 0 radical (unpaired) electrons. The van der Waals surface area contributed by atoms with Gasteiger partial charge in [0.15, 0.2) is 0 Å². The number of anilines is 1. The van der Waals surface area contributed by atoms with Gasteiger partial charge in [-0.3, -0.25) is 4.79 Å². The first-order valence-electron chi connectivity index (χ1n) is 6.98. The lowest BCUT2D eigenvalue weighted by Gasteiger charge is -2.09. The van der Waals surface area contributed by atoms with Crippen LogP contribution in [0, 0.1) is 0 Å². The van der Waals surface area contributed by atoms with Crippen LogP contribution in [0.4, 0.5) is 5.69 Å². The average Bonchev–Trinajstić information content (AvgIpc) is 2.57. The third-order valence-corrected chi connectivity index (χ3v) is 5.39. The van der Waals surface area contributed by atoms with E-state index in [1.807, 2.05) is 48.5 Å². The summed E-state index contributed by atoms with van der Waals surface area (Å²) < 4.78 is 2.69. The summed E-state index contributed by atoms with van der Waals surface area (Å²) in [6.07, 6.45) is 5.22. The predicted molar refractivity (Wildman–Crippen MR) is 110 cm³/mol. The standard InChI is InChI=1S/C17H14Br3N3O/c18-13-9-15(20)16(10-14(13)19)21-11-17(24)23-22-8-4-7-12-5-2-1-3-6-12/h1-10,21H,11H2,(H,23,24). The van der Waals surface area contributed by atoms with Gasteiger partial charge in [0.05, 0.1) is 12.2 Å². The molecule has 0 aliphatic heterocycles. The van der Waals surface area contributed by atoms with Crippen LogP contribution in [0.2, 0.25) is 0 Å². The van der Waals surface area contributed by atoms with Crippen molar-refractivity contribution in [1.82, 2.24) is 5.43 Å². The number of nitrogens with one attached hydrogen (secondary N) is 2. The highest BCUT2D eigenvalue weighted by Crippen LogP contribution is 2.32. The molecule has 0 spiro atoms. The van der Waals surface area contributed by atoms with Gasteiger partial charge in [-0.15, -0.1) is 0 Å². The second kappa shape index (κ2) is 9.76. The summed E-state index contributed by atoms with van der Waals surface area (Å²) >= 11 is 10.3. The lowest BCUT2D eigenvalue weighted by Crippen LogP contribution is -2.25. The molecule has 0 aromatic heterocycles. The van der Waals surface area contributed by atoms with Crippen molar-refractivity contribution in [3.05, 3.63) is 67.5 Å². The van der Waals surface area contributed by atoms with Gasteiger partial charge < -0.3 is 5.32 Å². The van der Waals surface area contributed by atoms with Crippen LogP contribution >= 0.6 is 47.8 Å². The van der Waals surface area contributed by atoms with Crippen molar-refractivity contribution in [3.8, 4) is 0 Å². The number of hydrogen-bond acceptors (Lipinski definition) is 3. The summed E-state index contributed by atoms with van der Waals surface area (Å²) in [5.74, 6) is -0.231. The number of carbonyl (C=O) groups excluding carboxylic acids is 1. The van der Waals surface area contributed by atoms with Crippen LogP contribution in [0.3, 0.4) is 0 Å². The highest BCUT2D eigenvalue weighted by Gasteiger charge is 2.06. The Labute approximate surface area is 165 Å². The number of halogens is 3. The average molecular weight is 516 g/mol. The second-order valence-corrected chi connectivity index (χ2v) is 7.25. The van der Waals surface area contributed by atoms with Crippen molar-refractivity contribution < 1.29 is 4.79 Å². The predicted octanol–water partition coefficient (Wildman–Crippen LogP) is 5.20. The molecule has 4 nitrogen and oxygen atoms in total. The minimum atomic E-state index is -0.231. The smallest absolute Gasteiger partial charge is 0.259 e. The Kier molecular flexibility index (Phi) is 7.68. The Morgan fingerprint density at radius 3 is 2.50 bits per heavy atom. The van der Waals surface area contributed by atoms with Gasteiger partial charge in [-0.05, 0) is 71.6 Å². The van der Waals surface area contributed by atoms with E-state index in [2.05, 4.69) is 63.6 Å². The number of carbonyl (C=O) groups is 1.